The molecule has 3 rings (SSSR count). The summed E-state index contributed by atoms with van der Waals surface area (Å²) in [6, 6.07) is 27.5. The summed E-state index contributed by atoms with van der Waals surface area (Å²) in [6.45, 7) is 1.26. The molecule has 0 atom stereocenters. The highest BCUT2D eigenvalue weighted by Gasteiger charge is 2.03. The second-order valence-corrected chi connectivity index (χ2v) is 5.92. The molecule has 4 nitrogen and oxygen atoms in total. The van der Waals surface area contributed by atoms with E-state index in [0.29, 0.717) is 13.2 Å². The second kappa shape index (κ2) is 9.28. The van der Waals surface area contributed by atoms with E-state index in [1.807, 2.05) is 84.9 Å². The van der Waals surface area contributed by atoms with E-state index in [4.69, 9.17) is 4.74 Å². The van der Waals surface area contributed by atoms with Crippen LogP contribution < -0.4 is 15.4 Å². The number of carbonyl (C=O) groups is 1. The highest BCUT2D eigenvalue weighted by molar-refractivity contribution is 5.80. The Morgan fingerprint density at radius 2 is 1.50 bits per heavy atom. The van der Waals surface area contributed by atoms with E-state index in [-0.39, 0.29) is 12.5 Å². The van der Waals surface area contributed by atoms with Crippen LogP contribution in [0.2, 0.25) is 0 Å². The number of anilines is 1. The number of ether oxygens (including phenoxy) is 1. The fourth-order valence-electron chi connectivity index (χ4n) is 2.48. The van der Waals surface area contributed by atoms with Crippen LogP contribution in [0.25, 0.3) is 0 Å². The average molecular weight is 346 g/mol. The van der Waals surface area contributed by atoms with Crippen LogP contribution in [0.5, 0.6) is 5.75 Å². The maximum atomic E-state index is 12.0. The quantitative estimate of drug-likeness (QED) is 0.648. The summed E-state index contributed by atoms with van der Waals surface area (Å²) in [4.78, 5) is 12.0. The number of carbonyl (C=O) groups excluding carboxylic acids is 1. The first-order valence-electron chi connectivity index (χ1n) is 8.61. The van der Waals surface area contributed by atoms with Crippen LogP contribution >= 0.6 is 0 Å². The van der Waals surface area contributed by atoms with E-state index in [1.54, 1.807) is 0 Å². The van der Waals surface area contributed by atoms with E-state index in [1.165, 1.54) is 0 Å². The maximum absolute atomic E-state index is 12.0. The van der Waals surface area contributed by atoms with Crippen molar-refractivity contribution in [2.45, 2.75) is 13.2 Å². The molecular formula is C22H22N2O2. The fraction of sp³-hybridized carbons (Fsp3) is 0.136. The number of benzene rings is 3. The Labute approximate surface area is 153 Å². The molecule has 3 aromatic carbocycles. The summed E-state index contributed by atoms with van der Waals surface area (Å²) in [5.41, 5.74) is 3.05. The van der Waals surface area contributed by atoms with Crippen molar-refractivity contribution in [3.8, 4) is 5.75 Å². The third-order valence-electron chi connectivity index (χ3n) is 3.87. The predicted molar refractivity (Wildman–Crippen MR) is 104 cm³/mol. The van der Waals surface area contributed by atoms with Gasteiger partial charge in [0.15, 0.2) is 0 Å². The molecule has 0 unspecified atom stereocenters. The van der Waals surface area contributed by atoms with Gasteiger partial charge in [-0.15, -0.1) is 0 Å². The monoisotopic (exact) mass is 346 g/mol. The Morgan fingerprint density at radius 3 is 2.23 bits per heavy atom. The average Bonchev–Trinajstić information content (AvgIpc) is 2.71. The molecule has 1 amide bonds. The number of amides is 1. The van der Waals surface area contributed by atoms with Gasteiger partial charge in [0.1, 0.15) is 12.4 Å². The Bertz CT molecular complexity index is 820. The topological polar surface area (TPSA) is 50.4 Å². The molecule has 0 aromatic heterocycles. The zero-order chi connectivity index (χ0) is 18.0. The molecule has 3 aromatic rings. The van der Waals surface area contributed by atoms with Gasteiger partial charge < -0.3 is 15.4 Å². The molecular weight excluding hydrogens is 324 g/mol. The second-order valence-electron chi connectivity index (χ2n) is 5.92. The van der Waals surface area contributed by atoms with Crippen LogP contribution in [0.15, 0.2) is 84.9 Å². The van der Waals surface area contributed by atoms with Gasteiger partial charge in [0, 0.05) is 18.3 Å². The molecule has 0 bridgehead atoms. The van der Waals surface area contributed by atoms with E-state index in [0.717, 1.165) is 22.6 Å². The first-order chi connectivity index (χ1) is 12.8. The molecule has 0 spiro atoms. The van der Waals surface area contributed by atoms with E-state index < -0.39 is 0 Å². The van der Waals surface area contributed by atoms with Crippen LogP contribution in [0, 0.1) is 0 Å². The SMILES string of the molecule is O=C(CNc1cccc(OCc2ccccc2)c1)NCc1ccccc1. The molecule has 0 heterocycles. The molecule has 0 aliphatic carbocycles. The normalized spacial score (nSPS) is 10.2. The van der Waals surface area contributed by atoms with Crippen molar-refractivity contribution in [2.24, 2.45) is 0 Å². The van der Waals surface area contributed by atoms with Gasteiger partial charge in [-0.25, -0.2) is 0 Å². The minimum absolute atomic E-state index is 0.0514. The number of hydrogen-bond acceptors (Lipinski definition) is 3. The van der Waals surface area contributed by atoms with Crippen LogP contribution in [-0.4, -0.2) is 12.5 Å². The Kier molecular flexibility index (Phi) is 6.26. The molecule has 0 aliphatic heterocycles. The zero-order valence-electron chi connectivity index (χ0n) is 14.5. The first kappa shape index (κ1) is 17.5. The summed E-state index contributed by atoms with van der Waals surface area (Å²) < 4.78 is 5.80. The summed E-state index contributed by atoms with van der Waals surface area (Å²) in [6.07, 6.45) is 0. The maximum Gasteiger partial charge on any atom is 0.239 e. The summed E-state index contributed by atoms with van der Waals surface area (Å²) in [5.74, 6) is 0.716. The predicted octanol–water partition coefficient (Wildman–Crippen LogP) is 3.99. The molecule has 0 fully saturated rings. The number of hydrogen-bond donors (Lipinski definition) is 2. The lowest BCUT2D eigenvalue weighted by atomic mass is 10.2. The van der Waals surface area contributed by atoms with Crippen LogP contribution in [0.3, 0.4) is 0 Å². The molecule has 26 heavy (non-hydrogen) atoms. The van der Waals surface area contributed by atoms with Gasteiger partial charge in [0.25, 0.3) is 0 Å². The molecule has 0 radical (unpaired) electrons. The zero-order valence-corrected chi connectivity index (χ0v) is 14.5. The van der Waals surface area contributed by atoms with Gasteiger partial charge in [-0.1, -0.05) is 66.7 Å². The first-order valence-corrected chi connectivity index (χ1v) is 8.61. The lowest BCUT2D eigenvalue weighted by Crippen LogP contribution is -2.29. The Morgan fingerprint density at radius 1 is 0.808 bits per heavy atom. The third kappa shape index (κ3) is 5.67. The smallest absolute Gasteiger partial charge is 0.239 e. The molecule has 2 N–H and O–H groups in total. The van der Waals surface area contributed by atoms with Gasteiger partial charge in [-0.05, 0) is 23.3 Å². The van der Waals surface area contributed by atoms with Crippen LogP contribution in [-0.2, 0) is 17.9 Å². The van der Waals surface area contributed by atoms with Gasteiger partial charge in [-0.3, -0.25) is 4.79 Å². The minimum atomic E-state index is -0.0514. The van der Waals surface area contributed by atoms with Gasteiger partial charge in [-0.2, -0.15) is 0 Å². The largest absolute Gasteiger partial charge is 0.489 e. The van der Waals surface area contributed by atoms with Crippen molar-refractivity contribution in [3.63, 3.8) is 0 Å². The van der Waals surface area contributed by atoms with Crippen molar-refractivity contribution in [2.75, 3.05) is 11.9 Å². The molecule has 0 aliphatic rings. The number of nitrogens with one attached hydrogen (secondary N) is 2. The summed E-state index contributed by atoms with van der Waals surface area (Å²) in [5, 5.41) is 6.03. The lowest BCUT2D eigenvalue weighted by Gasteiger charge is -2.10. The van der Waals surface area contributed by atoms with Crippen molar-refractivity contribution in [1.82, 2.24) is 5.32 Å². The molecule has 0 saturated heterocycles. The number of rotatable bonds is 8. The van der Waals surface area contributed by atoms with Gasteiger partial charge >= 0.3 is 0 Å². The van der Waals surface area contributed by atoms with Gasteiger partial charge in [0.2, 0.25) is 5.91 Å². The van der Waals surface area contributed by atoms with Crippen molar-refractivity contribution in [1.29, 1.82) is 0 Å². The van der Waals surface area contributed by atoms with Crippen molar-refractivity contribution >= 4 is 11.6 Å². The third-order valence-corrected chi connectivity index (χ3v) is 3.87. The van der Waals surface area contributed by atoms with Crippen molar-refractivity contribution in [3.05, 3.63) is 96.1 Å². The fourth-order valence-corrected chi connectivity index (χ4v) is 2.48. The van der Waals surface area contributed by atoms with E-state index in [9.17, 15) is 4.79 Å². The molecule has 0 saturated carbocycles. The standard InChI is InChI=1S/C22H22N2O2/c25-22(24-15-18-8-3-1-4-9-18)16-23-20-12-7-13-21(14-20)26-17-19-10-5-2-6-11-19/h1-14,23H,15-17H2,(H,24,25). The van der Waals surface area contributed by atoms with E-state index >= 15 is 0 Å². The minimum Gasteiger partial charge on any atom is -0.489 e. The van der Waals surface area contributed by atoms with Crippen LogP contribution in [0.4, 0.5) is 5.69 Å². The summed E-state index contributed by atoms with van der Waals surface area (Å²) >= 11 is 0. The summed E-state index contributed by atoms with van der Waals surface area (Å²) in [7, 11) is 0. The molecule has 4 heteroatoms. The Balaban J connectivity index is 1.45. The Hall–Kier alpha value is -3.27. The highest BCUT2D eigenvalue weighted by atomic mass is 16.5. The highest BCUT2D eigenvalue weighted by Crippen LogP contribution is 2.18. The van der Waals surface area contributed by atoms with Crippen LogP contribution in [0.1, 0.15) is 11.1 Å². The van der Waals surface area contributed by atoms with Crippen molar-refractivity contribution < 1.29 is 9.53 Å². The van der Waals surface area contributed by atoms with Gasteiger partial charge in [0.05, 0.1) is 6.54 Å². The lowest BCUT2D eigenvalue weighted by molar-refractivity contribution is -0.119. The molecule has 132 valence electrons. The van der Waals surface area contributed by atoms with E-state index in [2.05, 4.69) is 10.6 Å².